The Morgan fingerprint density at radius 3 is 2.27 bits per heavy atom. The van der Waals surface area contributed by atoms with Gasteiger partial charge in [-0.1, -0.05) is 12.8 Å². The Hall–Kier alpha value is -0.170. The largest absolute Gasteiger partial charge is 0.396 e. The van der Waals surface area contributed by atoms with Crippen molar-refractivity contribution in [2.45, 2.75) is 45.6 Å². The molecule has 0 unspecified atom stereocenters. The molecule has 6 heteroatoms. The number of aliphatic hydroxyl groups is 1. The highest BCUT2D eigenvalue weighted by Gasteiger charge is 2.09. The van der Waals surface area contributed by atoms with Crippen molar-refractivity contribution in [2.24, 2.45) is 0 Å². The maximum Gasteiger partial charge on any atom is 0.277 e. The first-order valence-corrected chi connectivity index (χ1v) is 6.84. The molecular formula is C9H22N2O3S. The van der Waals surface area contributed by atoms with Crippen molar-refractivity contribution in [3.8, 4) is 0 Å². The average Bonchev–Trinajstić information content (AvgIpc) is 2.08. The van der Waals surface area contributed by atoms with Crippen molar-refractivity contribution in [2.75, 3.05) is 13.2 Å². The standard InChI is InChI=1S/C9H22N2O3S/c1-9(2)11-15(13,14)10-7-5-3-4-6-8-12/h9-12H,3-8H2,1-2H3. The van der Waals surface area contributed by atoms with Gasteiger partial charge in [-0.3, -0.25) is 0 Å². The van der Waals surface area contributed by atoms with Gasteiger partial charge >= 0.3 is 0 Å². The minimum Gasteiger partial charge on any atom is -0.396 e. The molecule has 0 fully saturated rings. The third-order valence-corrected chi connectivity index (χ3v) is 3.13. The summed E-state index contributed by atoms with van der Waals surface area (Å²) in [6.45, 7) is 4.22. The smallest absolute Gasteiger partial charge is 0.277 e. The second kappa shape index (κ2) is 8.04. The normalized spacial score (nSPS) is 12.3. The average molecular weight is 238 g/mol. The van der Waals surface area contributed by atoms with Crippen LogP contribution in [-0.2, 0) is 10.2 Å². The molecule has 0 rings (SSSR count). The lowest BCUT2D eigenvalue weighted by atomic mass is 10.2. The molecule has 0 heterocycles. The van der Waals surface area contributed by atoms with Gasteiger partial charge in [0.2, 0.25) is 0 Å². The summed E-state index contributed by atoms with van der Waals surface area (Å²) in [6.07, 6.45) is 3.47. The van der Waals surface area contributed by atoms with E-state index in [0.717, 1.165) is 25.7 Å². The minimum atomic E-state index is -3.32. The first-order valence-electron chi connectivity index (χ1n) is 5.35. The first kappa shape index (κ1) is 14.8. The predicted octanol–water partition coefficient (Wildman–Crippen LogP) is 0.371. The molecule has 0 amide bonds. The maximum atomic E-state index is 11.3. The number of rotatable bonds is 9. The number of nitrogens with one attached hydrogen (secondary N) is 2. The van der Waals surface area contributed by atoms with Crippen LogP contribution < -0.4 is 9.44 Å². The van der Waals surface area contributed by atoms with Crippen LogP contribution in [0, 0.1) is 0 Å². The molecule has 92 valence electrons. The minimum absolute atomic E-state index is 0.0862. The van der Waals surface area contributed by atoms with Gasteiger partial charge in [-0.2, -0.15) is 13.1 Å². The molecule has 0 bridgehead atoms. The van der Waals surface area contributed by atoms with Gasteiger partial charge in [0, 0.05) is 19.2 Å². The van der Waals surface area contributed by atoms with Crippen LogP contribution in [0.4, 0.5) is 0 Å². The Morgan fingerprint density at radius 2 is 1.73 bits per heavy atom. The number of unbranched alkanes of at least 4 members (excludes halogenated alkanes) is 3. The van der Waals surface area contributed by atoms with Gasteiger partial charge in [0.15, 0.2) is 0 Å². The summed E-state index contributed by atoms with van der Waals surface area (Å²) in [5, 5.41) is 8.53. The molecule has 0 aliphatic carbocycles. The number of hydrogen-bond donors (Lipinski definition) is 3. The van der Waals surface area contributed by atoms with E-state index in [1.165, 1.54) is 0 Å². The van der Waals surface area contributed by atoms with Crippen LogP contribution in [0.15, 0.2) is 0 Å². The molecule has 0 aromatic carbocycles. The molecule has 0 spiro atoms. The van der Waals surface area contributed by atoms with Crippen molar-refractivity contribution >= 4 is 10.2 Å². The highest BCUT2D eigenvalue weighted by Crippen LogP contribution is 1.97. The van der Waals surface area contributed by atoms with E-state index in [1.807, 2.05) is 0 Å². The van der Waals surface area contributed by atoms with E-state index in [-0.39, 0.29) is 12.6 Å². The fourth-order valence-electron chi connectivity index (χ4n) is 1.15. The first-order chi connectivity index (χ1) is 6.98. The SMILES string of the molecule is CC(C)NS(=O)(=O)NCCCCCCO. The van der Waals surface area contributed by atoms with Crippen molar-refractivity contribution in [3.05, 3.63) is 0 Å². The van der Waals surface area contributed by atoms with Crippen LogP contribution in [-0.4, -0.2) is 32.7 Å². The second-order valence-electron chi connectivity index (χ2n) is 3.81. The molecule has 0 aromatic rings. The molecule has 0 atom stereocenters. The van der Waals surface area contributed by atoms with E-state index in [9.17, 15) is 8.42 Å². The van der Waals surface area contributed by atoms with Gasteiger partial charge in [0.05, 0.1) is 0 Å². The van der Waals surface area contributed by atoms with Gasteiger partial charge in [-0.05, 0) is 26.7 Å². The molecule has 0 saturated heterocycles. The summed E-state index contributed by atoms with van der Waals surface area (Å²) in [5.41, 5.74) is 0. The Balaban J connectivity index is 3.50. The fraction of sp³-hybridized carbons (Fsp3) is 1.00. The zero-order chi connectivity index (χ0) is 11.7. The second-order valence-corrected chi connectivity index (χ2v) is 5.34. The van der Waals surface area contributed by atoms with Gasteiger partial charge in [0.25, 0.3) is 10.2 Å². The Morgan fingerprint density at radius 1 is 1.13 bits per heavy atom. The maximum absolute atomic E-state index is 11.3. The number of hydrogen-bond acceptors (Lipinski definition) is 3. The lowest BCUT2D eigenvalue weighted by molar-refractivity contribution is 0.282. The zero-order valence-electron chi connectivity index (χ0n) is 9.49. The van der Waals surface area contributed by atoms with E-state index < -0.39 is 10.2 Å². The summed E-state index contributed by atoms with van der Waals surface area (Å²) in [4.78, 5) is 0. The lowest BCUT2D eigenvalue weighted by Gasteiger charge is -2.10. The Kier molecular flexibility index (Phi) is 7.95. The fourth-order valence-corrected chi connectivity index (χ4v) is 2.27. The quantitative estimate of drug-likeness (QED) is 0.508. The zero-order valence-corrected chi connectivity index (χ0v) is 10.3. The van der Waals surface area contributed by atoms with Crippen molar-refractivity contribution in [1.29, 1.82) is 0 Å². The van der Waals surface area contributed by atoms with E-state index in [1.54, 1.807) is 13.8 Å². The number of aliphatic hydroxyl groups excluding tert-OH is 1. The molecule has 0 aliphatic rings. The Labute approximate surface area is 92.4 Å². The summed E-state index contributed by atoms with van der Waals surface area (Å²) < 4.78 is 27.4. The van der Waals surface area contributed by atoms with Crippen molar-refractivity contribution in [3.63, 3.8) is 0 Å². The summed E-state index contributed by atoms with van der Waals surface area (Å²) in [7, 11) is -3.32. The highest BCUT2D eigenvalue weighted by molar-refractivity contribution is 7.87. The van der Waals surface area contributed by atoms with E-state index in [4.69, 9.17) is 5.11 Å². The van der Waals surface area contributed by atoms with Crippen LogP contribution in [0.5, 0.6) is 0 Å². The van der Waals surface area contributed by atoms with Crippen LogP contribution in [0.2, 0.25) is 0 Å². The van der Waals surface area contributed by atoms with Crippen molar-refractivity contribution in [1.82, 2.24) is 9.44 Å². The molecule has 3 N–H and O–H groups in total. The molecule has 5 nitrogen and oxygen atoms in total. The van der Waals surface area contributed by atoms with Gasteiger partial charge < -0.3 is 5.11 Å². The molecule has 0 radical (unpaired) electrons. The topological polar surface area (TPSA) is 78.4 Å². The predicted molar refractivity (Wildman–Crippen MR) is 60.7 cm³/mol. The van der Waals surface area contributed by atoms with Gasteiger partial charge in [-0.15, -0.1) is 0 Å². The van der Waals surface area contributed by atoms with E-state index in [0.29, 0.717) is 6.54 Å². The highest BCUT2D eigenvalue weighted by atomic mass is 32.2. The monoisotopic (exact) mass is 238 g/mol. The van der Waals surface area contributed by atoms with Crippen LogP contribution in [0.25, 0.3) is 0 Å². The third kappa shape index (κ3) is 10.1. The van der Waals surface area contributed by atoms with E-state index >= 15 is 0 Å². The van der Waals surface area contributed by atoms with Crippen molar-refractivity contribution < 1.29 is 13.5 Å². The Bertz CT molecular complexity index is 240. The van der Waals surface area contributed by atoms with Gasteiger partial charge in [0.1, 0.15) is 0 Å². The van der Waals surface area contributed by atoms with E-state index in [2.05, 4.69) is 9.44 Å². The van der Waals surface area contributed by atoms with Crippen LogP contribution in [0.3, 0.4) is 0 Å². The summed E-state index contributed by atoms with van der Waals surface area (Å²) >= 11 is 0. The lowest BCUT2D eigenvalue weighted by Crippen LogP contribution is -2.40. The summed E-state index contributed by atoms with van der Waals surface area (Å²) in [5.74, 6) is 0. The third-order valence-electron chi connectivity index (χ3n) is 1.77. The molecule has 15 heavy (non-hydrogen) atoms. The molecule has 0 aromatic heterocycles. The van der Waals surface area contributed by atoms with Crippen LogP contribution >= 0.6 is 0 Å². The van der Waals surface area contributed by atoms with Crippen LogP contribution in [0.1, 0.15) is 39.5 Å². The molecular weight excluding hydrogens is 216 g/mol. The molecule has 0 aliphatic heterocycles. The summed E-state index contributed by atoms with van der Waals surface area (Å²) in [6, 6.07) is -0.0862. The molecule has 0 saturated carbocycles. The van der Waals surface area contributed by atoms with Gasteiger partial charge in [-0.25, -0.2) is 4.72 Å².